The molecule has 0 aliphatic heterocycles. The zero-order valence-corrected chi connectivity index (χ0v) is 12.1. The van der Waals surface area contributed by atoms with Gasteiger partial charge in [0.25, 0.3) is 0 Å². The van der Waals surface area contributed by atoms with Gasteiger partial charge in [-0.1, -0.05) is 20.3 Å². The predicted octanol–water partition coefficient (Wildman–Crippen LogP) is 2.33. The molecule has 0 radical (unpaired) electrons. The molecule has 0 bridgehead atoms. The van der Waals surface area contributed by atoms with Crippen molar-refractivity contribution in [2.24, 2.45) is 11.3 Å². The molecule has 2 aliphatic rings. The summed E-state index contributed by atoms with van der Waals surface area (Å²) in [5, 5.41) is 13.0. The van der Waals surface area contributed by atoms with E-state index in [1.807, 2.05) is 0 Å². The Labute approximate surface area is 111 Å². The van der Waals surface area contributed by atoms with Crippen molar-refractivity contribution in [1.82, 2.24) is 5.32 Å². The predicted molar refractivity (Wildman–Crippen MR) is 73.6 cm³/mol. The van der Waals surface area contributed by atoms with E-state index in [9.17, 15) is 0 Å². The molecule has 0 saturated heterocycles. The zero-order valence-electron chi connectivity index (χ0n) is 12.1. The Kier molecular flexibility index (Phi) is 4.68. The van der Waals surface area contributed by atoms with Gasteiger partial charge in [0.2, 0.25) is 0 Å². The average molecular weight is 255 g/mol. The van der Waals surface area contributed by atoms with Gasteiger partial charge in [-0.05, 0) is 38.5 Å². The van der Waals surface area contributed by atoms with Gasteiger partial charge in [0.1, 0.15) is 0 Å². The molecule has 3 unspecified atom stereocenters. The minimum atomic E-state index is 0.282. The second-order valence-electron chi connectivity index (χ2n) is 6.35. The Morgan fingerprint density at radius 2 is 2.11 bits per heavy atom. The van der Waals surface area contributed by atoms with E-state index in [-0.39, 0.29) is 6.61 Å². The minimum absolute atomic E-state index is 0.282. The lowest BCUT2D eigenvalue weighted by Gasteiger charge is -2.62. The summed E-state index contributed by atoms with van der Waals surface area (Å²) in [6.07, 6.45) is 6.49. The fourth-order valence-electron chi connectivity index (χ4n) is 3.68. The highest BCUT2D eigenvalue weighted by molar-refractivity contribution is 5.12. The Morgan fingerprint density at radius 3 is 2.56 bits per heavy atom. The van der Waals surface area contributed by atoms with Crippen molar-refractivity contribution in [3.63, 3.8) is 0 Å². The van der Waals surface area contributed by atoms with Crippen LogP contribution in [-0.4, -0.2) is 36.5 Å². The summed E-state index contributed by atoms with van der Waals surface area (Å²) >= 11 is 0. The van der Waals surface area contributed by atoms with Crippen LogP contribution in [0.4, 0.5) is 0 Å². The normalized spacial score (nSPS) is 31.2. The van der Waals surface area contributed by atoms with Crippen LogP contribution >= 0.6 is 0 Å². The molecule has 0 heterocycles. The maximum Gasteiger partial charge on any atom is 0.0661 e. The molecular formula is C15H29NO2. The van der Waals surface area contributed by atoms with Crippen molar-refractivity contribution in [1.29, 1.82) is 0 Å². The number of ether oxygens (including phenoxy) is 1. The number of nitrogens with one attached hydrogen (secondary N) is 1. The molecule has 1 spiro atoms. The molecule has 0 amide bonds. The SMILES string of the molecule is CCOC1CC(NC(CCO)C(C)C)C12CCC2. The third-order valence-corrected chi connectivity index (χ3v) is 5.10. The molecule has 2 N–H and O–H groups in total. The number of aliphatic hydroxyl groups is 1. The van der Waals surface area contributed by atoms with E-state index in [1.54, 1.807) is 0 Å². The molecule has 3 atom stereocenters. The van der Waals surface area contributed by atoms with Crippen LogP contribution in [0.15, 0.2) is 0 Å². The van der Waals surface area contributed by atoms with E-state index < -0.39 is 0 Å². The van der Waals surface area contributed by atoms with Crippen LogP contribution in [-0.2, 0) is 4.74 Å². The molecule has 2 rings (SSSR count). The number of aliphatic hydroxyl groups excluding tert-OH is 1. The smallest absolute Gasteiger partial charge is 0.0661 e. The summed E-state index contributed by atoms with van der Waals surface area (Å²) in [4.78, 5) is 0. The summed E-state index contributed by atoms with van der Waals surface area (Å²) in [6.45, 7) is 7.68. The van der Waals surface area contributed by atoms with E-state index in [0.717, 1.165) is 19.4 Å². The highest BCUT2D eigenvalue weighted by Crippen LogP contribution is 2.57. The molecule has 106 valence electrons. The monoisotopic (exact) mass is 255 g/mol. The first kappa shape index (κ1) is 14.3. The van der Waals surface area contributed by atoms with Gasteiger partial charge in [0, 0.05) is 30.7 Å². The molecule has 0 aromatic carbocycles. The van der Waals surface area contributed by atoms with Crippen LogP contribution in [0, 0.1) is 11.3 Å². The molecule has 2 fully saturated rings. The average Bonchev–Trinajstić information content (AvgIpc) is 2.23. The fourth-order valence-corrected chi connectivity index (χ4v) is 3.68. The van der Waals surface area contributed by atoms with E-state index in [4.69, 9.17) is 9.84 Å². The van der Waals surface area contributed by atoms with Crippen molar-refractivity contribution in [2.45, 2.75) is 71.1 Å². The van der Waals surface area contributed by atoms with Gasteiger partial charge < -0.3 is 15.2 Å². The number of rotatable bonds is 7. The maximum absolute atomic E-state index is 9.16. The summed E-state index contributed by atoms with van der Waals surface area (Å²) in [6, 6.07) is 1.06. The number of hydrogen-bond acceptors (Lipinski definition) is 3. The topological polar surface area (TPSA) is 41.5 Å². The lowest BCUT2D eigenvalue weighted by molar-refractivity contribution is -0.175. The maximum atomic E-state index is 9.16. The van der Waals surface area contributed by atoms with Crippen molar-refractivity contribution < 1.29 is 9.84 Å². The highest BCUT2D eigenvalue weighted by Gasteiger charge is 2.58. The first-order valence-electron chi connectivity index (χ1n) is 7.62. The molecule has 3 heteroatoms. The van der Waals surface area contributed by atoms with Gasteiger partial charge in [-0.3, -0.25) is 0 Å². The van der Waals surface area contributed by atoms with Gasteiger partial charge in [0.15, 0.2) is 0 Å². The van der Waals surface area contributed by atoms with Gasteiger partial charge in [0.05, 0.1) is 6.10 Å². The van der Waals surface area contributed by atoms with Crippen LogP contribution in [0.2, 0.25) is 0 Å². The Morgan fingerprint density at radius 1 is 1.39 bits per heavy atom. The van der Waals surface area contributed by atoms with Crippen LogP contribution in [0.25, 0.3) is 0 Å². The fraction of sp³-hybridized carbons (Fsp3) is 1.00. The van der Waals surface area contributed by atoms with Crippen LogP contribution in [0.1, 0.15) is 52.9 Å². The summed E-state index contributed by atoms with van der Waals surface area (Å²) in [5.74, 6) is 0.584. The first-order valence-corrected chi connectivity index (χ1v) is 7.62. The summed E-state index contributed by atoms with van der Waals surface area (Å²) in [5.41, 5.74) is 0.429. The largest absolute Gasteiger partial charge is 0.396 e. The van der Waals surface area contributed by atoms with Crippen LogP contribution in [0.3, 0.4) is 0 Å². The van der Waals surface area contributed by atoms with Crippen molar-refractivity contribution in [3.8, 4) is 0 Å². The summed E-state index contributed by atoms with van der Waals surface area (Å²) < 4.78 is 5.88. The van der Waals surface area contributed by atoms with E-state index in [2.05, 4.69) is 26.1 Å². The quantitative estimate of drug-likeness (QED) is 0.733. The van der Waals surface area contributed by atoms with E-state index >= 15 is 0 Å². The summed E-state index contributed by atoms with van der Waals surface area (Å²) in [7, 11) is 0. The van der Waals surface area contributed by atoms with Crippen molar-refractivity contribution >= 4 is 0 Å². The molecule has 3 nitrogen and oxygen atoms in total. The van der Waals surface area contributed by atoms with Crippen molar-refractivity contribution in [2.75, 3.05) is 13.2 Å². The van der Waals surface area contributed by atoms with E-state index in [1.165, 1.54) is 19.3 Å². The van der Waals surface area contributed by atoms with Crippen LogP contribution < -0.4 is 5.32 Å². The first-order chi connectivity index (χ1) is 8.64. The van der Waals surface area contributed by atoms with Gasteiger partial charge in [-0.25, -0.2) is 0 Å². The minimum Gasteiger partial charge on any atom is -0.396 e. The van der Waals surface area contributed by atoms with Gasteiger partial charge >= 0.3 is 0 Å². The highest BCUT2D eigenvalue weighted by atomic mass is 16.5. The third kappa shape index (κ3) is 2.45. The Hall–Kier alpha value is -0.120. The second-order valence-corrected chi connectivity index (χ2v) is 6.35. The Balaban J connectivity index is 1.90. The lowest BCUT2D eigenvalue weighted by atomic mass is 9.50. The molecule has 2 saturated carbocycles. The van der Waals surface area contributed by atoms with Crippen molar-refractivity contribution in [3.05, 3.63) is 0 Å². The molecule has 2 aliphatic carbocycles. The van der Waals surface area contributed by atoms with Crippen LogP contribution in [0.5, 0.6) is 0 Å². The lowest BCUT2D eigenvalue weighted by Crippen LogP contribution is -2.68. The zero-order chi connectivity index (χ0) is 13.2. The standard InChI is InChI=1S/C15H29NO2/c1-4-18-14-10-13(15(14)7-5-8-15)16-12(6-9-17)11(2)3/h11-14,16-17H,4-10H2,1-3H3. The second kappa shape index (κ2) is 5.89. The van der Waals surface area contributed by atoms with E-state index in [0.29, 0.717) is 29.5 Å². The third-order valence-electron chi connectivity index (χ3n) is 5.10. The molecule has 18 heavy (non-hydrogen) atoms. The van der Waals surface area contributed by atoms with Gasteiger partial charge in [-0.15, -0.1) is 0 Å². The number of hydrogen-bond donors (Lipinski definition) is 2. The Bertz CT molecular complexity index is 263. The molecule has 0 aromatic heterocycles. The molecule has 0 aromatic rings. The molecular weight excluding hydrogens is 226 g/mol. The van der Waals surface area contributed by atoms with Gasteiger partial charge in [-0.2, -0.15) is 0 Å².